The van der Waals surface area contributed by atoms with Crippen molar-refractivity contribution in [2.75, 3.05) is 11.5 Å². The lowest BCUT2D eigenvalue weighted by atomic mass is 9.83. The highest BCUT2D eigenvalue weighted by atomic mass is 16.6. The molecule has 0 fully saturated rings. The number of ketones is 1. The van der Waals surface area contributed by atoms with Gasteiger partial charge in [-0.3, -0.25) is 19.5 Å². The minimum Gasteiger partial charge on any atom is -0.503 e. The Balaban J connectivity index is 1.78. The van der Waals surface area contributed by atoms with E-state index in [2.05, 4.69) is 10.1 Å². The normalized spacial score (nSPS) is 18.8. The summed E-state index contributed by atoms with van der Waals surface area (Å²) < 4.78 is 0. The molecule has 1 unspecified atom stereocenters. The Bertz CT molecular complexity index is 1110. The molecule has 3 heterocycles. The lowest BCUT2D eigenvalue weighted by molar-refractivity contribution is -0.123. The molecule has 0 saturated carbocycles. The first-order chi connectivity index (χ1) is 14.8. The first-order valence-corrected chi connectivity index (χ1v) is 9.98. The highest BCUT2D eigenvalue weighted by Crippen LogP contribution is 2.42. The van der Waals surface area contributed by atoms with Crippen LogP contribution >= 0.6 is 0 Å². The second-order valence-corrected chi connectivity index (χ2v) is 8.40. The SMILES string of the molecule is CC(C)(C)C(=O)C1=C(O)C(=O)N(c2ccc(C3=NOCC=C3)cc2)C1c1ccccn1. The first-order valence-electron chi connectivity index (χ1n) is 9.98. The average molecular weight is 417 g/mol. The maximum Gasteiger partial charge on any atom is 0.294 e. The zero-order valence-electron chi connectivity index (χ0n) is 17.6. The predicted molar refractivity (Wildman–Crippen MR) is 117 cm³/mol. The molecule has 7 heteroatoms. The molecule has 1 aromatic heterocycles. The minimum absolute atomic E-state index is 0.0632. The number of aliphatic hydroxyl groups excluding tert-OH is 1. The molecule has 1 amide bonds. The van der Waals surface area contributed by atoms with Crippen LogP contribution in [0.4, 0.5) is 5.69 Å². The number of allylic oxidation sites excluding steroid dienone is 1. The average Bonchev–Trinajstić information content (AvgIpc) is 3.04. The monoisotopic (exact) mass is 417 g/mol. The molecule has 2 aromatic rings. The minimum atomic E-state index is -0.818. The van der Waals surface area contributed by atoms with Crippen molar-refractivity contribution in [1.82, 2.24) is 4.98 Å². The van der Waals surface area contributed by atoms with Crippen LogP contribution < -0.4 is 4.90 Å². The van der Waals surface area contributed by atoms with Gasteiger partial charge in [0.25, 0.3) is 5.91 Å². The number of hydrogen-bond acceptors (Lipinski definition) is 6. The van der Waals surface area contributed by atoms with Crippen LogP contribution in [0.2, 0.25) is 0 Å². The van der Waals surface area contributed by atoms with Gasteiger partial charge in [-0.1, -0.05) is 44.1 Å². The highest BCUT2D eigenvalue weighted by Gasteiger charge is 2.47. The zero-order chi connectivity index (χ0) is 22.2. The molecule has 31 heavy (non-hydrogen) atoms. The summed E-state index contributed by atoms with van der Waals surface area (Å²) in [4.78, 5) is 37.2. The van der Waals surface area contributed by atoms with Gasteiger partial charge >= 0.3 is 0 Å². The molecule has 2 aliphatic heterocycles. The van der Waals surface area contributed by atoms with Crippen LogP contribution in [0.3, 0.4) is 0 Å². The van der Waals surface area contributed by atoms with E-state index in [9.17, 15) is 14.7 Å². The maximum absolute atomic E-state index is 13.2. The van der Waals surface area contributed by atoms with Crippen LogP contribution in [0.5, 0.6) is 0 Å². The summed E-state index contributed by atoms with van der Waals surface area (Å²) in [5.41, 5.74) is 1.83. The lowest BCUT2D eigenvalue weighted by Crippen LogP contribution is -2.33. The third-order valence-electron chi connectivity index (χ3n) is 5.15. The summed E-state index contributed by atoms with van der Waals surface area (Å²) in [5, 5.41) is 14.7. The molecule has 2 aliphatic rings. The van der Waals surface area contributed by atoms with Gasteiger partial charge in [0.05, 0.1) is 11.3 Å². The molecule has 1 N–H and O–H groups in total. The fraction of sp³-hybridized carbons (Fsp3) is 0.250. The third kappa shape index (κ3) is 3.74. The van der Waals surface area contributed by atoms with Gasteiger partial charge in [0.2, 0.25) is 0 Å². The number of Topliss-reactive ketones (excluding diaryl/α,β-unsaturated/α-hetero) is 1. The number of pyridine rings is 1. The van der Waals surface area contributed by atoms with Crippen molar-refractivity contribution in [2.45, 2.75) is 26.8 Å². The van der Waals surface area contributed by atoms with Crippen LogP contribution in [0.1, 0.15) is 38.1 Å². The number of hydrogen-bond donors (Lipinski definition) is 1. The predicted octanol–water partition coefficient (Wildman–Crippen LogP) is 3.89. The lowest BCUT2D eigenvalue weighted by Gasteiger charge is -2.28. The Labute approximate surface area is 180 Å². The molecule has 158 valence electrons. The van der Waals surface area contributed by atoms with Crippen LogP contribution in [0.25, 0.3) is 0 Å². The summed E-state index contributed by atoms with van der Waals surface area (Å²) in [6.07, 6.45) is 5.33. The fourth-order valence-electron chi connectivity index (χ4n) is 3.61. The Morgan fingerprint density at radius 3 is 2.48 bits per heavy atom. The number of benzene rings is 1. The van der Waals surface area contributed by atoms with Crippen LogP contribution in [-0.2, 0) is 14.4 Å². The van der Waals surface area contributed by atoms with E-state index in [0.717, 1.165) is 5.56 Å². The Kier molecular flexibility index (Phi) is 5.19. The summed E-state index contributed by atoms with van der Waals surface area (Å²) in [6, 6.07) is 11.6. The van der Waals surface area contributed by atoms with Gasteiger partial charge in [0.15, 0.2) is 11.5 Å². The van der Waals surface area contributed by atoms with E-state index in [1.807, 2.05) is 24.3 Å². The van der Waals surface area contributed by atoms with Gasteiger partial charge in [-0.15, -0.1) is 0 Å². The van der Waals surface area contributed by atoms with Gasteiger partial charge in [-0.05, 0) is 36.4 Å². The van der Waals surface area contributed by atoms with E-state index in [0.29, 0.717) is 23.7 Å². The summed E-state index contributed by atoms with van der Waals surface area (Å²) >= 11 is 0. The number of carbonyl (C=O) groups is 2. The van der Waals surface area contributed by atoms with Gasteiger partial charge in [-0.25, -0.2) is 0 Å². The van der Waals surface area contributed by atoms with Crippen molar-refractivity contribution < 1.29 is 19.5 Å². The quantitative estimate of drug-likeness (QED) is 0.815. The van der Waals surface area contributed by atoms with Crippen molar-refractivity contribution in [3.63, 3.8) is 0 Å². The van der Waals surface area contributed by atoms with E-state index >= 15 is 0 Å². The number of carbonyl (C=O) groups excluding carboxylic acids is 2. The number of nitrogens with zero attached hydrogens (tertiary/aromatic N) is 3. The number of rotatable bonds is 4. The number of aliphatic hydroxyl groups is 1. The fourth-order valence-corrected chi connectivity index (χ4v) is 3.61. The highest BCUT2D eigenvalue weighted by molar-refractivity contribution is 6.17. The van der Waals surface area contributed by atoms with Gasteiger partial charge in [-0.2, -0.15) is 0 Å². The van der Waals surface area contributed by atoms with E-state index in [-0.39, 0.29) is 11.4 Å². The molecule has 0 radical (unpaired) electrons. The molecule has 7 nitrogen and oxygen atoms in total. The summed E-state index contributed by atoms with van der Waals surface area (Å²) in [7, 11) is 0. The molecule has 0 aliphatic carbocycles. The largest absolute Gasteiger partial charge is 0.503 e. The molecule has 1 aromatic carbocycles. The summed E-state index contributed by atoms with van der Waals surface area (Å²) in [6.45, 7) is 5.71. The summed E-state index contributed by atoms with van der Waals surface area (Å²) in [5.74, 6) is -1.46. The molecule has 1 atom stereocenters. The number of anilines is 1. The first kappa shape index (κ1) is 20.5. The molecule has 0 spiro atoms. The number of aromatic nitrogens is 1. The number of amides is 1. The van der Waals surface area contributed by atoms with Crippen LogP contribution in [0.15, 0.2) is 77.3 Å². The van der Waals surface area contributed by atoms with E-state index in [1.165, 1.54) is 4.90 Å². The van der Waals surface area contributed by atoms with Crippen molar-refractivity contribution >= 4 is 23.1 Å². The molecular weight excluding hydrogens is 394 g/mol. The van der Waals surface area contributed by atoms with E-state index < -0.39 is 23.1 Å². The third-order valence-corrected chi connectivity index (χ3v) is 5.15. The van der Waals surface area contributed by atoms with Crippen molar-refractivity contribution in [2.24, 2.45) is 10.6 Å². The molecule has 4 rings (SSSR count). The van der Waals surface area contributed by atoms with Crippen LogP contribution in [-0.4, -0.2) is 34.1 Å². The van der Waals surface area contributed by atoms with Gasteiger partial charge in [0.1, 0.15) is 18.4 Å². The zero-order valence-corrected chi connectivity index (χ0v) is 17.6. The molecular formula is C24H23N3O4. The van der Waals surface area contributed by atoms with E-state index in [1.54, 1.807) is 57.3 Å². The second kappa shape index (κ2) is 7.83. The Hall–Kier alpha value is -3.74. The van der Waals surface area contributed by atoms with Gasteiger partial charge in [0, 0.05) is 22.9 Å². The molecule has 0 bridgehead atoms. The van der Waals surface area contributed by atoms with Gasteiger partial charge < -0.3 is 9.94 Å². The van der Waals surface area contributed by atoms with E-state index in [4.69, 9.17) is 4.84 Å². The standard InChI is InChI=1S/C24H23N3O4/c1-24(2,3)22(29)19-20(18-7-4-5-13-25-18)27(23(30)21(19)28)16-11-9-15(10-12-16)17-8-6-14-31-26-17/h4-13,20,28H,14H2,1-3H3. The van der Waals surface area contributed by atoms with Crippen molar-refractivity contribution in [3.8, 4) is 0 Å². The van der Waals surface area contributed by atoms with Crippen LogP contribution in [0, 0.1) is 5.41 Å². The topological polar surface area (TPSA) is 92.1 Å². The Morgan fingerprint density at radius 1 is 1.16 bits per heavy atom. The Morgan fingerprint density at radius 2 is 1.90 bits per heavy atom. The number of oxime groups is 1. The smallest absolute Gasteiger partial charge is 0.294 e. The van der Waals surface area contributed by atoms with Crippen molar-refractivity contribution in [1.29, 1.82) is 0 Å². The second-order valence-electron chi connectivity index (χ2n) is 8.40. The van der Waals surface area contributed by atoms with Crippen molar-refractivity contribution in [3.05, 3.63) is 83.4 Å². The maximum atomic E-state index is 13.2. The molecule has 0 saturated heterocycles.